The summed E-state index contributed by atoms with van der Waals surface area (Å²) >= 11 is 0. The molecular weight excluding hydrogens is 306 g/mol. The van der Waals surface area contributed by atoms with Crippen LogP contribution in [-0.4, -0.2) is 41.6 Å². The molecule has 0 aliphatic carbocycles. The number of piperidine rings is 1. The predicted molar refractivity (Wildman–Crippen MR) is 90.9 cm³/mol. The van der Waals surface area contributed by atoms with Crippen LogP contribution in [0, 0.1) is 5.92 Å². The third-order valence-electron chi connectivity index (χ3n) is 4.46. The molecule has 2 aromatic rings. The lowest BCUT2D eigenvalue weighted by atomic mass is 10.0. The average Bonchev–Trinajstić information content (AvgIpc) is 2.60. The Labute approximate surface area is 140 Å². The molecule has 0 saturated carbocycles. The van der Waals surface area contributed by atoms with Gasteiger partial charge in [-0.2, -0.15) is 0 Å². The van der Waals surface area contributed by atoms with Crippen LogP contribution in [0.2, 0.25) is 0 Å². The highest BCUT2D eigenvalue weighted by Gasteiger charge is 2.23. The maximum atomic E-state index is 12.2. The van der Waals surface area contributed by atoms with Crippen molar-refractivity contribution in [2.45, 2.75) is 19.8 Å². The molecule has 1 atom stereocenters. The molecule has 0 unspecified atom stereocenters. The Morgan fingerprint density at radius 3 is 2.83 bits per heavy atom. The molecule has 1 amide bonds. The van der Waals surface area contributed by atoms with E-state index in [1.165, 1.54) is 6.07 Å². The van der Waals surface area contributed by atoms with Gasteiger partial charge < -0.3 is 14.7 Å². The number of benzene rings is 2. The van der Waals surface area contributed by atoms with Gasteiger partial charge in [-0.25, -0.2) is 4.79 Å². The van der Waals surface area contributed by atoms with Crippen LogP contribution in [0.25, 0.3) is 10.8 Å². The van der Waals surface area contributed by atoms with E-state index in [0.717, 1.165) is 18.2 Å². The summed E-state index contributed by atoms with van der Waals surface area (Å²) in [4.78, 5) is 26.1. The number of esters is 1. The number of hydrogen-bond donors (Lipinski definition) is 1. The number of hydrogen-bond acceptors (Lipinski definition) is 4. The van der Waals surface area contributed by atoms with E-state index in [-0.39, 0.29) is 23.8 Å². The smallest absolute Gasteiger partial charge is 0.342 e. The lowest BCUT2D eigenvalue weighted by Crippen LogP contribution is -2.41. The van der Waals surface area contributed by atoms with Crippen LogP contribution in [0.1, 0.15) is 30.1 Å². The first kappa shape index (κ1) is 16.3. The maximum Gasteiger partial charge on any atom is 0.342 e. The number of ether oxygens (including phenoxy) is 1. The molecule has 1 heterocycles. The van der Waals surface area contributed by atoms with E-state index < -0.39 is 5.97 Å². The molecule has 0 spiro atoms. The van der Waals surface area contributed by atoms with Crippen LogP contribution in [0.4, 0.5) is 0 Å². The molecule has 1 fully saturated rings. The number of nitrogens with zero attached hydrogens (tertiary/aromatic N) is 1. The van der Waals surface area contributed by atoms with Crippen LogP contribution < -0.4 is 0 Å². The molecule has 5 heteroatoms. The van der Waals surface area contributed by atoms with E-state index in [9.17, 15) is 14.7 Å². The van der Waals surface area contributed by atoms with Crippen molar-refractivity contribution in [1.82, 2.24) is 4.90 Å². The zero-order valence-corrected chi connectivity index (χ0v) is 13.7. The third-order valence-corrected chi connectivity index (χ3v) is 4.46. The fraction of sp³-hybridized carbons (Fsp3) is 0.368. The van der Waals surface area contributed by atoms with Crippen molar-refractivity contribution in [3.8, 4) is 5.75 Å². The second-order valence-corrected chi connectivity index (χ2v) is 6.35. The van der Waals surface area contributed by atoms with Crippen LogP contribution in [-0.2, 0) is 9.53 Å². The molecule has 0 radical (unpaired) electrons. The van der Waals surface area contributed by atoms with Crippen LogP contribution >= 0.6 is 0 Å². The molecule has 0 bridgehead atoms. The topological polar surface area (TPSA) is 66.8 Å². The molecule has 24 heavy (non-hydrogen) atoms. The Kier molecular flexibility index (Phi) is 4.69. The molecule has 5 nitrogen and oxygen atoms in total. The number of carbonyl (C=O) groups excluding carboxylic acids is 2. The molecule has 1 saturated heterocycles. The summed E-state index contributed by atoms with van der Waals surface area (Å²) < 4.78 is 5.12. The van der Waals surface area contributed by atoms with Gasteiger partial charge in [0.25, 0.3) is 5.91 Å². The zero-order valence-electron chi connectivity index (χ0n) is 13.7. The zero-order chi connectivity index (χ0) is 17.1. The summed E-state index contributed by atoms with van der Waals surface area (Å²) in [5.41, 5.74) is 0.0773. The Morgan fingerprint density at radius 2 is 2.04 bits per heavy atom. The SMILES string of the molecule is C[C@@H]1CCCN(C(=O)COC(=O)c2ccc3ccccc3c2O)C1. The minimum atomic E-state index is -0.684. The van der Waals surface area contributed by atoms with Crippen molar-refractivity contribution < 1.29 is 19.4 Å². The second kappa shape index (κ2) is 6.91. The van der Waals surface area contributed by atoms with Crippen molar-refractivity contribution in [3.63, 3.8) is 0 Å². The van der Waals surface area contributed by atoms with E-state index in [2.05, 4.69) is 6.92 Å². The largest absolute Gasteiger partial charge is 0.506 e. The quantitative estimate of drug-likeness (QED) is 0.880. The number of aromatic hydroxyl groups is 1. The molecular formula is C19H21NO4. The fourth-order valence-electron chi connectivity index (χ4n) is 3.13. The highest BCUT2D eigenvalue weighted by molar-refractivity contribution is 6.01. The number of likely N-dealkylation sites (tertiary alicyclic amines) is 1. The van der Waals surface area contributed by atoms with E-state index in [4.69, 9.17) is 4.74 Å². The Morgan fingerprint density at radius 1 is 1.25 bits per heavy atom. The summed E-state index contributed by atoms with van der Waals surface area (Å²) in [5, 5.41) is 11.7. The Bertz CT molecular complexity index is 771. The van der Waals surface area contributed by atoms with Gasteiger partial charge in [0.15, 0.2) is 6.61 Å². The van der Waals surface area contributed by atoms with Crippen molar-refractivity contribution >= 4 is 22.6 Å². The summed E-state index contributed by atoms with van der Waals surface area (Å²) in [6.07, 6.45) is 2.10. The highest BCUT2D eigenvalue weighted by atomic mass is 16.5. The van der Waals surface area contributed by atoms with Gasteiger partial charge in [-0.1, -0.05) is 37.3 Å². The molecule has 0 aromatic heterocycles. The maximum absolute atomic E-state index is 12.2. The van der Waals surface area contributed by atoms with Crippen LogP contribution in [0.5, 0.6) is 5.75 Å². The minimum Gasteiger partial charge on any atom is -0.506 e. The van der Waals surface area contributed by atoms with Crippen LogP contribution in [0.15, 0.2) is 36.4 Å². The lowest BCUT2D eigenvalue weighted by molar-refractivity contribution is -0.136. The van der Waals surface area contributed by atoms with Gasteiger partial charge in [0.05, 0.1) is 0 Å². The summed E-state index contributed by atoms with van der Waals surface area (Å²) in [6, 6.07) is 10.5. The van der Waals surface area contributed by atoms with Gasteiger partial charge in [-0.15, -0.1) is 0 Å². The van der Waals surface area contributed by atoms with E-state index in [1.807, 2.05) is 12.1 Å². The first-order valence-corrected chi connectivity index (χ1v) is 8.22. The molecule has 1 aliphatic rings. The second-order valence-electron chi connectivity index (χ2n) is 6.35. The molecule has 1 aliphatic heterocycles. The number of amides is 1. The lowest BCUT2D eigenvalue weighted by Gasteiger charge is -2.30. The Balaban J connectivity index is 1.67. The number of phenolic OH excluding ortho intramolecular Hbond substituents is 1. The average molecular weight is 327 g/mol. The summed E-state index contributed by atoms with van der Waals surface area (Å²) in [7, 11) is 0. The van der Waals surface area contributed by atoms with Crippen molar-refractivity contribution in [2.24, 2.45) is 5.92 Å². The van der Waals surface area contributed by atoms with Gasteiger partial charge in [0, 0.05) is 18.5 Å². The van der Waals surface area contributed by atoms with Gasteiger partial charge in [0.2, 0.25) is 0 Å². The molecule has 2 aromatic carbocycles. The first-order chi connectivity index (χ1) is 11.6. The van der Waals surface area contributed by atoms with E-state index in [1.54, 1.807) is 23.1 Å². The first-order valence-electron chi connectivity index (χ1n) is 8.22. The molecule has 1 N–H and O–H groups in total. The predicted octanol–water partition coefficient (Wildman–Crippen LogP) is 2.96. The number of fused-ring (bicyclic) bond motifs is 1. The van der Waals surface area contributed by atoms with Gasteiger partial charge >= 0.3 is 5.97 Å². The van der Waals surface area contributed by atoms with Crippen LogP contribution in [0.3, 0.4) is 0 Å². The van der Waals surface area contributed by atoms with E-state index in [0.29, 0.717) is 24.4 Å². The monoisotopic (exact) mass is 327 g/mol. The Hall–Kier alpha value is -2.56. The normalized spacial score (nSPS) is 17.7. The number of carbonyl (C=O) groups is 2. The minimum absolute atomic E-state index is 0.0773. The number of rotatable bonds is 3. The van der Waals surface area contributed by atoms with Crippen molar-refractivity contribution in [2.75, 3.05) is 19.7 Å². The number of phenols is 1. The third kappa shape index (κ3) is 3.35. The highest BCUT2D eigenvalue weighted by Crippen LogP contribution is 2.29. The summed E-state index contributed by atoms with van der Waals surface area (Å²) in [6.45, 7) is 3.23. The standard InChI is InChI=1S/C19H21NO4/c1-13-5-4-10-20(11-13)17(21)12-24-19(23)16-9-8-14-6-2-3-7-15(14)18(16)22/h2-3,6-9,13,22H,4-5,10-12H2,1H3/t13-/m1/s1. The molecule has 126 valence electrons. The van der Waals surface area contributed by atoms with Crippen molar-refractivity contribution in [3.05, 3.63) is 42.0 Å². The fourth-order valence-corrected chi connectivity index (χ4v) is 3.13. The summed E-state index contributed by atoms with van der Waals surface area (Å²) in [5.74, 6) is -0.507. The molecule has 3 rings (SSSR count). The van der Waals surface area contributed by atoms with Crippen molar-refractivity contribution in [1.29, 1.82) is 0 Å². The van der Waals surface area contributed by atoms with Gasteiger partial charge in [0.1, 0.15) is 11.3 Å². The van der Waals surface area contributed by atoms with Gasteiger partial charge in [-0.3, -0.25) is 4.79 Å². The van der Waals surface area contributed by atoms with E-state index >= 15 is 0 Å². The van der Waals surface area contributed by atoms with Gasteiger partial charge in [-0.05, 0) is 30.2 Å².